The van der Waals surface area contributed by atoms with E-state index in [4.69, 9.17) is 39.5 Å². The maximum absolute atomic E-state index is 13.3. The second-order valence-corrected chi connectivity index (χ2v) is 9.43. The monoisotopic (exact) mass is 510 g/mol. The lowest BCUT2D eigenvalue weighted by atomic mass is 9.95. The van der Waals surface area contributed by atoms with Gasteiger partial charge in [-0.1, -0.05) is 79.2 Å². The summed E-state index contributed by atoms with van der Waals surface area (Å²) in [7, 11) is 0. The predicted octanol–water partition coefficient (Wildman–Crippen LogP) is 6.28. The fraction of sp³-hybridized carbons (Fsp3) is 0.440. The Hall–Kier alpha value is -1.95. The first-order valence-corrected chi connectivity index (χ1v) is 12.4. The van der Waals surface area contributed by atoms with E-state index in [2.05, 4.69) is 5.32 Å². The number of ether oxygens (including phenoxy) is 1. The molecule has 33 heavy (non-hydrogen) atoms. The summed E-state index contributed by atoms with van der Waals surface area (Å²) >= 11 is 18.9. The summed E-state index contributed by atoms with van der Waals surface area (Å²) in [6, 6.07) is 11.6. The number of carbonyl (C=O) groups excluding carboxylic acids is 2. The highest BCUT2D eigenvalue weighted by Gasteiger charge is 2.31. The van der Waals surface area contributed by atoms with Gasteiger partial charge >= 0.3 is 0 Å². The number of carbonyl (C=O) groups is 2. The van der Waals surface area contributed by atoms with Crippen LogP contribution in [0.15, 0.2) is 42.5 Å². The zero-order valence-electron chi connectivity index (χ0n) is 18.7. The maximum atomic E-state index is 13.3. The van der Waals surface area contributed by atoms with E-state index in [9.17, 15) is 9.59 Å². The Kier molecular flexibility index (Phi) is 9.72. The van der Waals surface area contributed by atoms with Crippen molar-refractivity contribution in [2.24, 2.45) is 0 Å². The quantitative estimate of drug-likeness (QED) is 0.431. The van der Waals surface area contributed by atoms with Crippen LogP contribution < -0.4 is 10.1 Å². The Bertz CT molecular complexity index is 943. The topological polar surface area (TPSA) is 58.6 Å². The minimum Gasteiger partial charge on any atom is -0.482 e. The van der Waals surface area contributed by atoms with Gasteiger partial charge < -0.3 is 15.0 Å². The van der Waals surface area contributed by atoms with Crippen LogP contribution in [0.3, 0.4) is 0 Å². The van der Waals surface area contributed by atoms with Crippen molar-refractivity contribution in [3.8, 4) is 5.75 Å². The molecule has 1 atom stereocenters. The van der Waals surface area contributed by atoms with Crippen LogP contribution in [0.4, 0.5) is 0 Å². The zero-order chi connectivity index (χ0) is 23.8. The van der Waals surface area contributed by atoms with Crippen LogP contribution >= 0.6 is 34.8 Å². The smallest absolute Gasteiger partial charge is 0.261 e. The van der Waals surface area contributed by atoms with Crippen molar-refractivity contribution >= 4 is 46.6 Å². The highest BCUT2D eigenvalue weighted by Crippen LogP contribution is 2.28. The van der Waals surface area contributed by atoms with Crippen LogP contribution in [0.2, 0.25) is 15.1 Å². The summed E-state index contributed by atoms with van der Waals surface area (Å²) in [4.78, 5) is 28.1. The Morgan fingerprint density at radius 1 is 1.00 bits per heavy atom. The molecule has 5 nitrogen and oxygen atoms in total. The Morgan fingerprint density at radius 3 is 2.27 bits per heavy atom. The minimum atomic E-state index is -0.679. The molecule has 0 bridgehead atoms. The molecule has 178 valence electrons. The van der Waals surface area contributed by atoms with Crippen molar-refractivity contribution in [1.29, 1.82) is 0 Å². The maximum Gasteiger partial charge on any atom is 0.261 e. The summed E-state index contributed by atoms with van der Waals surface area (Å²) in [5.74, 6) is -0.113. The number of nitrogens with one attached hydrogen (secondary N) is 1. The number of hydrogen-bond donors (Lipinski definition) is 1. The Labute approximate surface area is 210 Å². The molecule has 2 amide bonds. The van der Waals surface area contributed by atoms with Gasteiger partial charge in [0.05, 0.1) is 5.02 Å². The Morgan fingerprint density at radius 2 is 1.64 bits per heavy atom. The van der Waals surface area contributed by atoms with Crippen molar-refractivity contribution in [1.82, 2.24) is 10.2 Å². The molecular weight excluding hydrogens is 483 g/mol. The molecule has 0 aromatic heterocycles. The van der Waals surface area contributed by atoms with Gasteiger partial charge in [0.1, 0.15) is 11.8 Å². The first-order valence-electron chi connectivity index (χ1n) is 11.3. The number of rotatable bonds is 9. The molecule has 0 aliphatic heterocycles. The molecule has 8 heteroatoms. The van der Waals surface area contributed by atoms with Gasteiger partial charge in [0.25, 0.3) is 5.91 Å². The summed E-state index contributed by atoms with van der Waals surface area (Å²) in [5, 5.41) is 4.43. The van der Waals surface area contributed by atoms with E-state index in [1.807, 2.05) is 6.92 Å². The van der Waals surface area contributed by atoms with E-state index in [1.165, 1.54) is 11.3 Å². The van der Waals surface area contributed by atoms with Gasteiger partial charge in [-0.3, -0.25) is 9.59 Å². The van der Waals surface area contributed by atoms with Crippen molar-refractivity contribution in [2.75, 3.05) is 6.61 Å². The zero-order valence-corrected chi connectivity index (χ0v) is 20.9. The molecule has 1 saturated carbocycles. The van der Waals surface area contributed by atoms with Crippen LogP contribution in [-0.4, -0.2) is 35.4 Å². The highest BCUT2D eigenvalue weighted by molar-refractivity contribution is 6.36. The summed E-state index contributed by atoms with van der Waals surface area (Å²) in [6.45, 7) is 1.72. The van der Waals surface area contributed by atoms with Crippen molar-refractivity contribution < 1.29 is 14.3 Å². The third-order valence-corrected chi connectivity index (χ3v) is 6.94. The SMILES string of the molecule is CC[C@H](C(=O)NC1CCCCC1)N(Cc1c(Cl)cccc1Cl)C(=O)COc1ccccc1Cl. The molecule has 2 aromatic carbocycles. The van der Waals surface area contributed by atoms with E-state index in [0.29, 0.717) is 32.8 Å². The molecular formula is C25H29Cl3N2O3. The van der Waals surface area contributed by atoms with Gasteiger partial charge in [-0.05, 0) is 43.5 Å². The van der Waals surface area contributed by atoms with Crippen molar-refractivity contribution in [3.63, 3.8) is 0 Å². The van der Waals surface area contributed by atoms with Crippen LogP contribution in [0.5, 0.6) is 5.75 Å². The third-order valence-electron chi connectivity index (χ3n) is 5.92. The van der Waals surface area contributed by atoms with E-state index in [-0.39, 0.29) is 31.0 Å². The van der Waals surface area contributed by atoms with Crippen molar-refractivity contribution in [3.05, 3.63) is 63.1 Å². The molecule has 1 fully saturated rings. The average Bonchev–Trinajstić information content (AvgIpc) is 2.80. The molecule has 0 unspecified atom stereocenters. The molecule has 1 aliphatic rings. The van der Waals surface area contributed by atoms with Crippen LogP contribution in [-0.2, 0) is 16.1 Å². The van der Waals surface area contributed by atoms with E-state index in [1.54, 1.807) is 42.5 Å². The Balaban J connectivity index is 1.81. The van der Waals surface area contributed by atoms with Crippen LogP contribution in [0.25, 0.3) is 0 Å². The predicted molar refractivity (Wildman–Crippen MR) is 133 cm³/mol. The van der Waals surface area contributed by atoms with Gasteiger partial charge in [0, 0.05) is 28.2 Å². The van der Waals surface area contributed by atoms with Gasteiger partial charge in [0.15, 0.2) is 6.61 Å². The first kappa shape index (κ1) is 25.7. The molecule has 1 aliphatic carbocycles. The number of nitrogens with zero attached hydrogens (tertiary/aromatic N) is 1. The summed E-state index contributed by atoms with van der Waals surface area (Å²) in [5.41, 5.74) is 0.593. The standard InChI is InChI=1S/C25H29Cl3N2O3/c1-2-22(25(32)29-17-9-4-3-5-10-17)30(15-18-19(26)12-8-13-20(18)27)24(31)16-33-23-14-7-6-11-21(23)28/h6-8,11-14,17,22H,2-5,9-10,15-16H2,1H3,(H,29,32)/t22-/m1/s1. The first-order chi connectivity index (χ1) is 15.9. The summed E-state index contributed by atoms with van der Waals surface area (Å²) < 4.78 is 5.68. The van der Waals surface area contributed by atoms with E-state index < -0.39 is 6.04 Å². The third kappa shape index (κ3) is 7.02. The lowest BCUT2D eigenvalue weighted by Gasteiger charge is -2.33. The van der Waals surface area contributed by atoms with Gasteiger partial charge in [-0.25, -0.2) is 0 Å². The number of para-hydroxylation sites is 1. The van der Waals surface area contributed by atoms with Gasteiger partial charge in [-0.2, -0.15) is 0 Å². The molecule has 0 saturated heterocycles. The van der Waals surface area contributed by atoms with Crippen LogP contribution in [0, 0.1) is 0 Å². The molecule has 0 radical (unpaired) electrons. The average molecular weight is 512 g/mol. The second kappa shape index (κ2) is 12.5. The highest BCUT2D eigenvalue weighted by atomic mass is 35.5. The van der Waals surface area contributed by atoms with E-state index >= 15 is 0 Å². The fourth-order valence-corrected chi connectivity index (χ4v) is 4.81. The molecule has 0 heterocycles. The normalized spacial score (nSPS) is 15.0. The van der Waals surface area contributed by atoms with Crippen LogP contribution in [0.1, 0.15) is 51.0 Å². The van der Waals surface area contributed by atoms with Gasteiger partial charge in [0.2, 0.25) is 5.91 Å². The number of amides is 2. The molecule has 0 spiro atoms. The lowest BCUT2D eigenvalue weighted by molar-refractivity contribution is -0.143. The second-order valence-electron chi connectivity index (χ2n) is 8.21. The number of halogens is 3. The number of hydrogen-bond acceptors (Lipinski definition) is 3. The van der Waals surface area contributed by atoms with E-state index in [0.717, 1.165) is 25.7 Å². The minimum absolute atomic E-state index is 0.0970. The largest absolute Gasteiger partial charge is 0.482 e. The van der Waals surface area contributed by atoms with Gasteiger partial charge in [-0.15, -0.1) is 0 Å². The lowest BCUT2D eigenvalue weighted by Crippen LogP contribution is -2.52. The molecule has 3 rings (SSSR count). The molecule has 1 N–H and O–H groups in total. The number of benzene rings is 2. The molecule has 2 aromatic rings. The van der Waals surface area contributed by atoms with Crippen molar-refractivity contribution in [2.45, 2.75) is 64.1 Å². The fourth-order valence-electron chi connectivity index (χ4n) is 4.10. The summed E-state index contributed by atoms with van der Waals surface area (Å²) in [6.07, 6.45) is 5.76.